The molecule has 0 N–H and O–H groups in total. The van der Waals surface area contributed by atoms with E-state index < -0.39 is 5.91 Å². The van der Waals surface area contributed by atoms with Crippen molar-refractivity contribution in [2.24, 2.45) is 12.0 Å². The van der Waals surface area contributed by atoms with E-state index in [0.717, 1.165) is 21.7 Å². The number of ether oxygens (including phenoxy) is 3. The quantitative estimate of drug-likeness (QED) is 0.338. The SMILES string of the molecule is COc1cc(C(=O)N=c2sc(-c3ccccc3)c(-c3ccc(Cl)cc3)n2C)cc(OC)c1OC. The monoisotopic (exact) mass is 494 g/mol. The summed E-state index contributed by atoms with van der Waals surface area (Å²) >= 11 is 7.56. The van der Waals surface area contributed by atoms with Gasteiger partial charge < -0.3 is 18.8 Å². The van der Waals surface area contributed by atoms with Crippen LogP contribution in [0.4, 0.5) is 0 Å². The highest BCUT2D eigenvalue weighted by atomic mass is 35.5. The van der Waals surface area contributed by atoms with Gasteiger partial charge in [0.2, 0.25) is 5.75 Å². The Kier molecular flexibility index (Phi) is 7.05. The molecule has 34 heavy (non-hydrogen) atoms. The number of hydrogen-bond acceptors (Lipinski definition) is 5. The number of aromatic nitrogens is 1. The first-order valence-corrected chi connectivity index (χ1v) is 11.6. The Balaban J connectivity index is 1.88. The van der Waals surface area contributed by atoms with Gasteiger partial charge in [-0.25, -0.2) is 0 Å². The molecule has 174 valence electrons. The minimum Gasteiger partial charge on any atom is -0.493 e. The van der Waals surface area contributed by atoms with Gasteiger partial charge in [0.15, 0.2) is 16.3 Å². The lowest BCUT2D eigenvalue weighted by Crippen LogP contribution is -2.14. The standard InChI is InChI=1S/C26H23ClN2O4S/c1-29-22(16-10-12-19(27)13-11-16)24(17-8-6-5-7-9-17)34-26(29)28-25(30)18-14-20(31-2)23(33-4)21(15-18)32-3/h5-15H,1-4H3. The Morgan fingerprint density at radius 1 is 0.882 bits per heavy atom. The Hall–Kier alpha value is -3.55. The molecule has 0 unspecified atom stereocenters. The molecular weight excluding hydrogens is 472 g/mol. The number of rotatable bonds is 6. The van der Waals surface area contributed by atoms with E-state index in [4.69, 9.17) is 25.8 Å². The number of benzene rings is 3. The second kappa shape index (κ2) is 10.2. The lowest BCUT2D eigenvalue weighted by Gasteiger charge is -2.12. The minimum absolute atomic E-state index is 0.331. The summed E-state index contributed by atoms with van der Waals surface area (Å²) in [6.07, 6.45) is 0. The average molecular weight is 495 g/mol. The molecule has 0 aliphatic carbocycles. The predicted octanol–water partition coefficient (Wildman–Crippen LogP) is 5.84. The largest absolute Gasteiger partial charge is 0.493 e. The van der Waals surface area contributed by atoms with E-state index in [9.17, 15) is 4.79 Å². The predicted molar refractivity (Wildman–Crippen MR) is 135 cm³/mol. The van der Waals surface area contributed by atoms with E-state index in [2.05, 4.69) is 4.99 Å². The van der Waals surface area contributed by atoms with Crippen LogP contribution in [-0.4, -0.2) is 31.8 Å². The second-order valence-electron chi connectivity index (χ2n) is 7.33. The van der Waals surface area contributed by atoms with Crippen molar-refractivity contribution in [3.63, 3.8) is 0 Å². The van der Waals surface area contributed by atoms with Crippen LogP contribution in [0.25, 0.3) is 21.7 Å². The summed E-state index contributed by atoms with van der Waals surface area (Å²) in [6.45, 7) is 0. The maximum atomic E-state index is 13.2. The van der Waals surface area contributed by atoms with Gasteiger partial charge in [0.1, 0.15) is 0 Å². The molecular formula is C26H23ClN2O4S. The molecule has 6 nitrogen and oxygen atoms in total. The molecule has 0 fully saturated rings. The first-order valence-electron chi connectivity index (χ1n) is 10.4. The molecule has 1 aromatic heterocycles. The number of carbonyl (C=O) groups is 1. The Morgan fingerprint density at radius 3 is 2.06 bits per heavy atom. The number of hydrogen-bond donors (Lipinski definition) is 0. The Labute approximate surface area is 206 Å². The first kappa shape index (κ1) is 23.6. The summed E-state index contributed by atoms with van der Waals surface area (Å²) in [4.78, 5) is 19.2. The molecule has 8 heteroatoms. The molecule has 0 aliphatic heterocycles. The fourth-order valence-corrected chi connectivity index (χ4v) is 4.90. The topological polar surface area (TPSA) is 62.0 Å². The van der Waals surface area contributed by atoms with Crippen molar-refractivity contribution in [3.8, 4) is 38.9 Å². The molecule has 0 saturated heterocycles. The zero-order chi connectivity index (χ0) is 24.2. The molecule has 4 rings (SSSR count). The molecule has 4 aromatic rings. The lowest BCUT2D eigenvalue weighted by molar-refractivity contribution is 0.0997. The number of amides is 1. The maximum absolute atomic E-state index is 13.2. The Morgan fingerprint density at radius 2 is 1.50 bits per heavy atom. The summed E-state index contributed by atoms with van der Waals surface area (Å²) in [5.41, 5.74) is 3.29. The number of carbonyl (C=O) groups excluding carboxylic acids is 1. The molecule has 0 bridgehead atoms. The first-order chi connectivity index (χ1) is 16.5. The van der Waals surface area contributed by atoms with E-state index in [0.29, 0.717) is 32.6 Å². The number of thiazole rings is 1. The number of halogens is 1. The third-order valence-corrected chi connectivity index (χ3v) is 6.73. The fourth-order valence-electron chi connectivity index (χ4n) is 3.63. The zero-order valence-electron chi connectivity index (χ0n) is 19.2. The van der Waals surface area contributed by atoms with Crippen molar-refractivity contribution in [2.75, 3.05) is 21.3 Å². The smallest absolute Gasteiger partial charge is 0.279 e. The summed E-state index contributed by atoms with van der Waals surface area (Å²) in [5.74, 6) is 0.781. The van der Waals surface area contributed by atoms with E-state index in [1.54, 1.807) is 12.1 Å². The van der Waals surface area contributed by atoms with E-state index in [1.807, 2.05) is 66.2 Å². The van der Waals surface area contributed by atoms with Crippen LogP contribution in [-0.2, 0) is 7.05 Å². The third kappa shape index (κ3) is 4.58. The van der Waals surface area contributed by atoms with Gasteiger partial charge >= 0.3 is 0 Å². The fraction of sp³-hybridized carbons (Fsp3) is 0.154. The van der Waals surface area contributed by atoms with Crippen molar-refractivity contribution in [1.82, 2.24) is 4.57 Å². The van der Waals surface area contributed by atoms with Gasteiger partial charge in [-0.3, -0.25) is 4.79 Å². The van der Waals surface area contributed by atoms with Crippen molar-refractivity contribution >= 4 is 28.8 Å². The minimum atomic E-state index is -0.418. The lowest BCUT2D eigenvalue weighted by atomic mass is 10.1. The van der Waals surface area contributed by atoms with Gasteiger partial charge in [-0.15, -0.1) is 0 Å². The van der Waals surface area contributed by atoms with Crippen LogP contribution in [0.1, 0.15) is 10.4 Å². The van der Waals surface area contributed by atoms with Crippen LogP contribution in [0.5, 0.6) is 17.2 Å². The second-order valence-corrected chi connectivity index (χ2v) is 8.74. The molecule has 3 aromatic carbocycles. The van der Waals surface area contributed by atoms with Gasteiger partial charge in [0, 0.05) is 17.6 Å². The summed E-state index contributed by atoms with van der Waals surface area (Å²) < 4.78 is 18.0. The number of methoxy groups -OCH3 is 3. The van der Waals surface area contributed by atoms with Crippen LogP contribution in [0.2, 0.25) is 5.02 Å². The molecule has 1 amide bonds. The van der Waals surface area contributed by atoms with Crippen LogP contribution in [0, 0.1) is 0 Å². The van der Waals surface area contributed by atoms with Gasteiger partial charge in [-0.1, -0.05) is 65.4 Å². The van der Waals surface area contributed by atoms with Crippen LogP contribution in [0.15, 0.2) is 71.7 Å². The molecule has 0 atom stereocenters. The summed E-state index contributed by atoms with van der Waals surface area (Å²) in [6, 6.07) is 20.8. The average Bonchev–Trinajstić information content (AvgIpc) is 3.19. The molecule has 0 spiro atoms. The summed E-state index contributed by atoms with van der Waals surface area (Å²) in [7, 11) is 6.43. The highest BCUT2D eigenvalue weighted by Gasteiger charge is 2.19. The van der Waals surface area contributed by atoms with Crippen molar-refractivity contribution < 1.29 is 19.0 Å². The summed E-state index contributed by atoms with van der Waals surface area (Å²) in [5, 5.41) is 0.658. The zero-order valence-corrected chi connectivity index (χ0v) is 20.7. The molecule has 1 heterocycles. The molecule has 0 saturated carbocycles. The normalized spacial score (nSPS) is 11.4. The molecule has 0 aliphatic rings. The highest BCUT2D eigenvalue weighted by molar-refractivity contribution is 7.13. The van der Waals surface area contributed by atoms with Gasteiger partial charge in [0.05, 0.1) is 31.9 Å². The number of nitrogens with zero attached hydrogens (tertiary/aromatic N) is 2. The highest BCUT2D eigenvalue weighted by Crippen LogP contribution is 2.38. The van der Waals surface area contributed by atoms with E-state index in [-0.39, 0.29) is 0 Å². The van der Waals surface area contributed by atoms with Crippen LogP contribution < -0.4 is 19.0 Å². The van der Waals surface area contributed by atoms with Gasteiger partial charge in [-0.2, -0.15) is 4.99 Å². The van der Waals surface area contributed by atoms with Crippen LogP contribution >= 0.6 is 22.9 Å². The van der Waals surface area contributed by atoms with E-state index in [1.165, 1.54) is 32.7 Å². The third-order valence-electron chi connectivity index (χ3n) is 5.29. The van der Waals surface area contributed by atoms with E-state index >= 15 is 0 Å². The maximum Gasteiger partial charge on any atom is 0.279 e. The van der Waals surface area contributed by atoms with Gasteiger partial charge in [-0.05, 0) is 35.4 Å². The Bertz CT molecular complexity index is 1370. The van der Waals surface area contributed by atoms with Gasteiger partial charge in [0.25, 0.3) is 5.91 Å². The van der Waals surface area contributed by atoms with Crippen molar-refractivity contribution in [2.45, 2.75) is 0 Å². The van der Waals surface area contributed by atoms with Crippen molar-refractivity contribution in [3.05, 3.63) is 82.1 Å². The molecule has 0 radical (unpaired) electrons. The van der Waals surface area contributed by atoms with Crippen LogP contribution in [0.3, 0.4) is 0 Å². The van der Waals surface area contributed by atoms with Crippen molar-refractivity contribution in [1.29, 1.82) is 0 Å².